The van der Waals surface area contributed by atoms with Gasteiger partial charge >= 0.3 is 0 Å². The summed E-state index contributed by atoms with van der Waals surface area (Å²) in [7, 11) is 0. The van der Waals surface area contributed by atoms with Crippen LogP contribution in [0.5, 0.6) is 5.75 Å². The molecule has 4 aromatic rings. The van der Waals surface area contributed by atoms with E-state index in [4.69, 9.17) is 16.3 Å². The minimum Gasteiger partial charge on any atom is -0.489 e. The van der Waals surface area contributed by atoms with Crippen LogP contribution in [0.1, 0.15) is 67.6 Å². The Morgan fingerprint density at radius 2 is 1.74 bits per heavy atom. The van der Waals surface area contributed by atoms with Crippen molar-refractivity contribution in [2.45, 2.75) is 63.8 Å². The highest BCUT2D eigenvalue weighted by Gasteiger charge is 2.30. The first kappa shape index (κ1) is 29.4. The molecule has 2 heterocycles. The van der Waals surface area contributed by atoms with Gasteiger partial charge in [-0.3, -0.25) is 9.59 Å². The zero-order valence-electron chi connectivity index (χ0n) is 24.5. The fraction of sp³-hybridized carbons (Fsp3) is 0.382. The highest BCUT2D eigenvalue weighted by atomic mass is 35.5. The molecule has 1 saturated heterocycles. The minimum absolute atomic E-state index is 0.203. The second kappa shape index (κ2) is 12.5. The van der Waals surface area contributed by atoms with Crippen LogP contribution in [0.3, 0.4) is 0 Å². The van der Waals surface area contributed by atoms with Crippen molar-refractivity contribution in [2.75, 3.05) is 19.6 Å². The smallest absolute Gasteiger partial charge is 0.292 e. The van der Waals surface area contributed by atoms with Crippen LogP contribution < -0.4 is 10.1 Å². The molecule has 1 aromatic heterocycles. The lowest BCUT2D eigenvalue weighted by Crippen LogP contribution is -2.48. The predicted molar refractivity (Wildman–Crippen MR) is 168 cm³/mol. The molecule has 2 aliphatic rings. The molecule has 1 aliphatic carbocycles. The van der Waals surface area contributed by atoms with Crippen LogP contribution in [0.2, 0.25) is 5.02 Å². The highest BCUT2D eigenvalue weighted by molar-refractivity contribution is 6.42. The third-order valence-corrected chi connectivity index (χ3v) is 8.58. The van der Waals surface area contributed by atoms with Gasteiger partial charge in [-0.1, -0.05) is 48.0 Å². The van der Waals surface area contributed by atoms with Crippen LogP contribution in [0.15, 0.2) is 67.0 Å². The molecule has 2 atom stereocenters. The van der Waals surface area contributed by atoms with Crippen molar-refractivity contribution in [3.8, 4) is 16.9 Å². The SMILES string of the molecule is CC(C)n1cnc2cc(-c3ccc(C(=O)C(=O)N[C@H](CN4CCCC4)[C@H](O)c4ccc(OC5CC5)c(Cl)c4)cc3)ccc21. The molecule has 0 unspecified atom stereocenters. The third kappa shape index (κ3) is 6.61. The van der Waals surface area contributed by atoms with E-state index in [1.54, 1.807) is 30.3 Å². The highest BCUT2D eigenvalue weighted by Crippen LogP contribution is 2.34. The van der Waals surface area contributed by atoms with Crippen molar-refractivity contribution >= 4 is 34.3 Å². The summed E-state index contributed by atoms with van der Waals surface area (Å²) >= 11 is 6.46. The van der Waals surface area contributed by atoms with Crippen LogP contribution in [-0.4, -0.2) is 63.0 Å². The average molecular weight is 601 g/mol. The molecule has 1 amide bonds. The van der Waals surface area contributed by atoms with E-state index >= 15 is 0 Å². The number of imidazole rings is 1. The van der Waals surface area contributed by atoms with Gasteiger partial charge in [0.1, 0.15) is 11.9 Å². The second-order valence-corrected chi connectivity index (χ2v) is 12.3. The molecule has 43 heavy (non-hydrogen) atoms. The summed E-state index contributed by atoms with van der Waals surface area (Å²) in [6, 6.07) is 17.9. The molecule has 9 heteroatoms. The van der Waals surface area contributed by atoms with E-state index in [0.29, 0.717) is 28.9 Å². The van der Waals surface area contributed by atoms with Gasteiger partial charge < -0.3 is 24.6 Å². The van der Waals surface area contributed by atoms with E-state index in [1.807, 2.05) is 30.6 Å². The molecule has 1 aliphatic heterocycles. The Morgan fingerprint density at radius 1 is 1.02 bits per heavy atom. The lowest BCUT2D eigenvalue weighted by atomic mass is 9.99. The number of rotatable bonds is 11. The number of ether oxygens (including phenoxy) is 1. The molecule has 0 spiro atoms. The van der Waals surface area contributed by atoms with Crippen molar-refractivity contribution in [3.05, 3.63) is 83.1 Å². The molecule has 3 aromatic carbocycles. The summed E-state index contributed by atoms with van der Waals surface area (Å²) in [5, 5.41) is 14.6. The van der Waals surface area contributed by atoms with Gasteiger partial charge in [0.25, 0.3) is 5.91 Å². The van der Waals surface area contributed by atoms with Crippen LogP contribution in [0, 0.1) is 0 Å². The summed E-state index contributed by atoms with van der Waals surface area (Å²) in [4.78, 5) is 33.2. The Morgan fingerprint density at radius 3 is 2.42 bits per heavy atom. The van der Waals surface area contributed by atoms with E-state index in [9.17, 15) is 14.7 Å². The minimum atomic E-state index is -1.05. The number of aliphatic hydroxyl groups is 1. The van der Waals surface area contributed by atoms with E-state index in [2.05, 4.69) is 39.7 Å². The monoisotopic (exact) mass is 600 g/mol. The maximum Gasteiger partial charge on any atom is 0.292 e. The number of hydrogen-bond donors (Lipinski definition) is 2. The molecule has 224 valence electrons. The quantitative estimate of drug-likeness (QED) is 0.162. The normalized spacial score (nSPS) is 16.9. The van der Waals surface area contributed by atoms with Gasteiger partial charge in [-0.2, -0.15) is 0 Å². The van der Waals surface area contributed by atoms with Crippen molar-refractivity contribution < 1.29 is 19.4 Å². The van der Waals surface area contributed by atoms with Gasteiger partial charge in [0.05, 0.1) is 34.5 Å². The van der Waals surface area contributed by atoms with E-state index in [0.717, 1.165) is 60.9 Å². The first-order valence-corrected chi connectivity index (χ1v) is 15.4. The van der Waals surface area contributed by atoms with Crippen LogP contribution in [-0.2, 0) is 4.79 Å². The fourth-order valence-electron chi connectivity index (χ4n) is 5.66. The topological polar surface area (TPSA) is 96.7 Å². The predicted octanol–water partition coefficient (Wildman–Crippen LogP) is 5.98. The molecule has 0 radical (unpaired) electrons. The lowest BCUT2D eigenvalue weighted by Gasteiger charge is -2.28. The first-order chi connectivity index (χ1) is 20.8. The Kier molecular flexibility index (Phi) is 8.52. The molecule has 1 saturated carbocycles. The van der Waals surface area contributed by atoms with Gasteiger partial charge in [0, 0.05) is 18.2 Å². The summed E-state index contributed by atoms with van der Waals surface area (Å²) in [5.74, 6) is -0.817. The molecule has 0 bridgehead atoms. The summed E-state index contributed by atoms with van der Waals surface area (Å²) < 4.78 is 7.95. The molecular formula is C34H37ClN4O4. The Labute approximate surface area is 256 Å². The van der Waals surface area contributed by atoms with Gasteiger partial charge in [-0.15, -0.1) is 0 Å². The van der Waals surface area contributed by atoms with Gasteiger partial charge in [0.15, 0.2) is 0 Å². The number of aliphatic hydroxyl groups excluding tert-OH is 1. The van der Waals surface area contributed by atoms with E-state index in [-0.39, 0.29) is 11.7 Å². The number of amides is 1. The Balaban J connectivity index is 1.16. The van der Waals surface area contributed by atoms with Crippen LogP contribution in [0.4, 0.5) is 0 Å². The van der Waals surface area contributed by atoms with Crippen molar-refractivity contribution in [1.82, 2.24) is 19.8 Å². The number of carbonyl (C=O) groups excluding carboxylic acids is 2. The molecule has 6 rings (SSSR count). The largest absolute Gasteiger partial charge is 0.489 e. The van der Waals surface area contributed by atoms with Gasteiger partial charge in [-0.05, 0) is 93.6 Å². The number of nitrogens with zero attached hydrogens (tertiary/aromatic N) is 3. The molecule has 8 nitrogen and oxygen atoms in total. The Hall–Kier alpha value is -3.72. The number of fused-ring (bicyclic) bond motifs is 1. The van der Waals surface area contributed by atoms with Crippen LogP contribution in [0.25, 0.3) is 22.2 Å². The van der Waals surface area contributed by atoms with Crippen molar-refractivity contribution in [3.63, 3.8) is 0 Å². The van der Waals surface area contributed by atoms with Crippen molar-refractivity contribution in [1.29, 1.82) is 0 Å². The molecule has 2 N–H and O–H groups in total. The number of nitrogens with one attached hydrogen (secondary N) is 1. The Bertz CT molecular complexity index is 1620. The number of likely N-dealkylation sites (tertiary alicyclic amines) is 1. The van der Waals surface area contributed by atoms with E-state index < -0.39 is 23.8 Å². The van der Waals surface area contributed by atoms with Crippen molar-refractivity contribution in [2.24, 2.45) is 0 Å². The second-order valence-electron chi connectivity index (χ2n) is 11.9. The summed E-state index contributed by atoms with van der Waals surface area (Å²) in [6.07, 6.45) is 5.15. The standard InChI is InChI=1S/C34H37ClN4O4/c1-21(2)39-20-36-28-18-24(9-13-30(28)39)22-5-7-23(8-6-22)33(41)34(42)37-29(19-38-15-3-4-16-38)32(40)25-10-14-31(27(35)17-25)43-26-11-12-26/h5-10,13-14,17-18,20-21,26,29,32,40H,3-4,11-12,15-16,19H2,1-2H3,(H,37,42)/t29-,32-/m1/s1. The molecular weight excluding hydrogens is 564 g/mol. The number of ketones is 1. The summed E-state index contributed by atoms with van der Waals surface area (Å²) in [6.45, 7) is 6.43. The maximum atomic E-state index is 13.2. The van der Waals surface area contributed by atoms with Gasteiger partial charge in [0.2, 0.25) is 5.78 Å². The summed E-state index contributed by atoms with van der Waals surface area (Å²) in [5.41, 5.74) is 4.71. The average Bonchev–Trinajstić information content (AvgIpc) is 3.48. The van der Waals surface area contributed by atoms with Crippen LogP contribution >= 0.6 is 11.6 Å². The third-order valence-electron chi connectivity index (χ3n) is 8.28. The van der Waals surface area contributed by atoms with Gasteiger partial charge in [-0.25, -0.2) is 4.98 Å². The number of aromatic nitrogens is 2. The lowest BCUT2D eigenvalue weighted by molar-refractivity contribution is -0.118. The molecule has 2 fully saturated rings. The number of halogens is 1. The fourth-order valence-corrected chi connectivity index (χ4v) is 5.90. The zero-order valence-corrected chi connectivity index (χ0v) is 25.3. The number of Topliss-reactive ketones (excluding diaryl/α,β-unsaturated/α-hetero) is 1. The number of hydrogen-bond acceptors (Lipinski definition) is 6. The number of carbonyl (C=O) groups is 2. The first-order valence-electron chi connectivity index (χ1n) is 15.1. The van der Waals surface area contributed by atoms with E-state index in [1.165, 1.54) is 0 Å². The zero-order chi connectivity index (χ0) is 30.1. The maximum absolute atomic E-state index is 13.2. The number of benzene rings is 3.